The van der Waals surface area contributed by atoms with Crippen molar-refractivity contribution in [3.05, 3.63) is 82.5 Å². The topological polar surface area (TPSA) is 112 Å². The van der Waals surface area contributed by atoms with Gasteiger partial charge in [-0.25, -0.2) is 19.1 Å². The van der Waals surface area contributed by atoms with Crippen molar-refractivity contribution in [2.24, 2.45) is 0 Å². The van der Waals surface area contributed by atoms with Gasteiger partial charge in [-0.3, -0.25) is 0 Å². The molecule has 0 saturated carbocycles. The second kappa shape index (κ2) is 24.7. The fraction of sp³-hybridized carbons (Fsp3) is 0.381. The van der Waals surface area contributed by atoms with Crippen molar-refractivity contribution < 1.29 is 77.9 Å². The predicted octanol–water partition coefficient (Wildman–Crippen LogP) is -5.18. The first kappa shape index (κ1) is 53.0. The summed E-state index contributed by atoms with van der Waals surface area (Å²) in [6.07, 6.45) is 1.01. The smallest absolute Gasteiger partial charge is 1.00 e. The van der Waals surface area contributed by atoms with Crippen LogP contribution in [0.4, 0.5) is 11.4 Å². The number of benzene rings is 4. The number of rotatable bonds is 10. The molecule has 0 spiro atoms. The van der Waals surface area contributed by atoms with Gasteiger partial charge in [0.05, 0.1) is 37.1 Å². The van der Waals surface area contributed by atoms with Crippen LogP contribution < -0.4 is 79.3 Å². The number of aryl methyl sites for hydroxylation is 2. The Morgan fingerprint density at radius 3 is 1.28 bits per heavy atom. The Balaban J connectivity index is 0.00000101. The molecule has 57 heavy (non-hydrogen) atoms. The van der Waals surface area contributed by atoms with E-state index in [1.165, 1.54) is 22.5 Å². The Hall–Kier alpha value is -3.96. The van der Waals surface area contributed by atoms with Crippen LogP contribution >= 0.6 is 0 Å². The molecule has 0 saturated heterocycles. The number of nitrogens with zero attached hydrogens (tertiary/aromatic N) is 8. The molecule has 0 aromatic heterocycles. The summed E-state index contributed by atoms with van der Waals surface area (Å²) in [5.74, 6) is 1.53. The summed E-state index contributed by atoms with van der Waals surface area (Å²) in [6.45, 7) is 17.6. The Morgan fingerprint density at radius 1 is 0.596 bits per heavy atom. The summed E-state index contributed by atoms with van der Waals surface area (Å²) >= 11 is 0. The molecule has 0 fully saturated rings. The van der Waals surface area contributed by atoms with Gasteiger partial charge in [-0.1, -0.05) is 0 Å². The van der Waals surface area contributed by atoms with Crippen molar-refractivity contribution >= 4 is 33.6 Å². The maximum atomic E-state index is 8.84. The van der Waals surface area contributed by atoms with Crippen LogP contribution in [0.3, 0.4) is 0 Å². The van der Waals surface area contributed by atoms with Crippen molar-refractivity contribution in [3.63, 3.8) is 0 Å². The summed E-state index contributed by atoms with van der Waals surface area (Å²) in [7, 11) is 4.17. The third kappa shape index (κ3) is 12.5. The largest absolute Gasteiger partial charge is 2.00 e. The average Bonchev–Trinajstić information content (AvgIpc) is 3.16. The van der Waals surface area contributed by atoms with E-state index in [1.807, 2.05) is 36.4 Å². The van der Waals surface area contributed by atoms with Crippen molar-refractivity contribution in [2.75, 3.05) is 63.2 Å². The molecule has 2 heterocycles. The molecule has 0 bridgehead atoms. The van der Waals surface area contributed by atoms with Gasteiger partial charge in [-0.15, -0.1) is 0 Å². The Kier molecular flexibility index (Phi) is 23.0. The molecule has 2 aromatic carbocycles. The number of hydrogen-bond donors (Lipinski definition) is 0. The first-order valence-electron chi connectivity index (χ1n) is 18.2. The molecular formula is C42H50Cl4N8O2Zn. The van der Waals surface area contributed by atoms with Crippen LogP contribution in [0.1, 0.15) is 51.7 Å². The van der Waals surface area contributed by atoms with Crippen molar-refractivity contribution in [2.45, 2.75) is 54.4 Å². The van der Waals surface area contributed by atoms with Crippen LogP contribution in [0.25, 0.3) is 45.1 Å². The minimum absolute atomic E-state index is 0. The zero-order chi connectivity index (χ0) is 37.4. The van der Waals surface area contributed by atoms with Crippen LogP contribution in [-0.2, 0) is 19.5 Å². The molecule has 4 aliphatic rings. The van der Waals surface area contributed by atoms with E-state index >= 15 is 0 Å². The molecule has 10 nitrogen and oxygen atoms in total. The van der Waals surface area contributed by atoms with E-state index in [0.29, 0.717) is 25.9 Å². The van der Waals surface area contributed by atoms with Gasteiger partial charge in [0.2, 0.25) is 10.7 Å². The normalized spacial score (nSPS) is 11.2. The van der Waals surface area contributed by atoms with E-state index < -0.39 is 0 Å². The van der Waals surface area contributed by atoms with E-state index in [-0.39, 0.29) is 69.1 Å². The molecule has 6 rings (SSSR count). The molecule has 0 unspecified atom stereocenters. The zero-order valence-electron chi connectivity index (χ0n) is 34.0. The first-order chi connectivity index (χ1) is 25.1. The number of aromatic nitrogens is 2. The van der Waals surface area contributed by atoms with Crippen LogP contribution in [0.2, 0.25) is 0 Å². The summed E-state index contributed by atoms with van der Waals surface area (Å²) in [4.78, 5) is 14.0. The van der Waals surface area contributed by atoms with Gasteiger partial charge in [0, 0.05) is 50.7 Å². The first-order valence-corrected chi connectivity index (χ1v) is 18.2. The third-order valence-electron chi connectivity index (χ3n) is 9.62. The van der Waals surface area contributed by atoms with Gasteiger partial charge in [0.15, 0.2) is 35.8 Å². The standard InChI is InChI=1S/2C21H25N4O.4ClH.Zn/c2*1-5-24(4)19-14-18-20(12-15(19)3)26-21-13-16(8-9-17(21)23-18)25(6-2)11-7-10-22;;;;;/h2*8-9,12-14H,5-7,11H2,1-4H3;4*1H;/q2*+1;;;;;+2/p-4. The number of hydrogen-bond acceptors (Lipinski definition) is 8. The molecule has 0 atom stereocenters. The van der Waals surface area contributed by atoms with Gasteiger partial charge >= 0.3 is 19.5 Å². The SMILES string of the molecule is CCN(C)c1cc2nc3ccc(=[N+](CC)CCC#N)cc-3oc2cc1C.CCN(C)c1cc2nc3ccc(=[N+](CC)CCC#N)cc-3oc2cc1C.[Cl-].[Cl-].[Cl-].[Cl-].[Zn+2]. The van der Waals surface area contributed by atoms with Crippen molar-refractivity contribution in [1.29, 1.82) is 10.5 Å². The van der Waals surface area contributed by atoms with Gasteiger partial charge in [0.25, 0.3) is 0 Å². The number of nitriles is 2. The third-order valence-corrected chi connectivity index (χ3v) is 9.62. The maximum absolute atomic E-state index is 8.84. The minimum atomic E-state index is 0. The fourth-order valence-electron chi connectivity index (χ4n) is 6.37. The zero-order valence-corrected chi connectivity index (χ0v) is 40.0. The molecule has 2 aliphatic carbocycles. The van der Waals surface area contributed by atoms with Gasteiger partial charge < -0.3 is 68.3 Å². The Morgan fingerprint density at radius 2 is 0.965 bits per heavy atom. The molecule has 0 radical (unpaired) electrons. The molecular weight excluding hydrogens is 856 g/mol. The summed E-state index contributed by atoms with van der Waals surface area (Å²) < 4.78 is 16.7. The number of fused-ring (bicyclic) bond motifs is 4. The van der Waals surface area contributed by atoms with Crippen LogP contribution in [0.5, 0.6) is 0 Å². The maximum Gasteiger partial charge on any atom is 2.00 e. The Bertz CT molecular complexity index is 2220. The van der Waals surface area contributed by atoms with Gasteiger partial charge in [0.1, 0.15) is 35.5 Å². The second-order valence-corrected chi connectivity index (χ2v) is 12.9. The van der Waals surface area contributed by atoms with E-state index in [9.17, 15) is 0 Å². The molecule has 0 amide bonds. The van der Waals surface area contributed by atoms with Gasteiger partial charge in [-0.05, 0) is 89.1 Å². The minimum Gasteiger partial charge on any atom is -1.00 e. The molecule has 2 aromatic rings. The molecule has 300 valence electrons. The average molecular weight is 906 g/mol. The predicted molar refractivity (Wildman–Crippen MR) is 210 cm³/mol. The van der Waals surface area contributed by atoms with Gasteiger partial charge in [-0.2, -0.15) is 10.5 Å². The Labute approximate surface area is 374 Å². The molecule has 2 aliphatic heterocycles. The van der Waals surface area contributed by atoms with E-state index in [0.717, 1.165) is 82.0 Å². The molecule has 15 heteroatoms. The summed E-state index contributed by atoms with van der Waals surface area (Å²) in [5.41, 5.74) is 9.68. The quantitative estimate of drug-likeness (QED) is 0.0764. The number of anilines is 2. The number of halogens is 4. The van der Waals surface area contributed by atoms with Crippen molar-refractivity contribution in [3.8, 4) is 35.0 Å². The second-order valence-electron chi connectivity index (χ2n) is 12.9. The summed E-state index contributed by atoms with van der Waals surface area (Å²) in [5, 5.41) is 19.8. The monoisotopic (exact) mass is 902 g/mol. The fourth-order valence-corrected chi connectivity index (χ4v) is 6.37. The van der Waals surface area contributed by atoms with Crippen LogP contribution in [-0.4, -0.2) is 63.3 Å². The van der Waals surface area contributed by atoms with E-state index in [1.54, 1.807) is 0 Å². The summed E-state index contributed by atoms with van der Waals surface area (Å²) in [6, 6.07) is 24.8. The van der Waals surface area contributed by atoms with E-state index in [4.69, 9.17) is 29.3 Å². The van der Waals surface area contributed by atoms with Crippen LogP contribution in [0.15, 0.2) is 69.5 Å². The molecule has 0 N–H and O–H groups in total. The van der Waals surface area contributed by atoms with Crippen molar-refractivity contribution in [1.82, 2.24) is 19.1 Å². The van der Waals surface area contributed by atoms with E-state index in [2.05, 4.69) is 111 Å². The van der Waals surface area contributed by atoms with Crippen LogP contribution in [0, 0.1) is 36.5 Å².